The van der Waals surface area contributed by atoms with Crippen LogP contribution >= 0.6 is 0 Å². The largest absolute Gasteiger partial charge is 0.493 e. The molecule has 3 rings (SSSR count). The summed E-state index contributed by atoms with van der Waals surface area (Å²) < 4.78 is 79.6. The van der Waals surface area contributed by atoms with Gasteiger partial charge in [-0.2, -0.15) is 0 Å². The standard InChI is InChI=1S/C45H54O20/c1-24(46)58-15-13-14-30-16-33(52-7)44(34(17-30)53-8)64-39(22-59-25(2)47)42(62-28(5)50)32-20-37(56-11)45(38(21-32)57-12)65-40(23-60-26(3)48)41(61-27(4)49)31-18-35(54-9)43(63-29(6)51)36(19-31)55-10/h13-14,16-21,39-42H,15,22-23H2,1-12H3/b14-13+. The summed E-state index contributed by atoms with van der Waals surface area (Å²) in [6, 6.07) is 8.93. The van der Waals surface area contributed by atoms with Gasteiger partial charge in [-0.05, 0) is 48.0 Å². The lowest BCUT2D eigenvalue weighted by molar-refractivity contribution is -0.159. The molecule has 3 aromatic carbocycles. The molecule has 0 aliphatic heterocycles. The lowest BCUT2D eigenvalue weighted by Crippen LogP contribution is -2.35. The molecular weight excluding hydrogens is 860 g/mol. The van der Waals surface area contributed by atoms with Gasteiger partial charge in [-0.15, -0.1) is 0 Å². The van der Waals surface area contributed by atoms with Gasteiger partial charge in [-0.1, -0.05) is 6.08 Å². The van der Waals surface area contributed by atoms with Gasteiger partial charge in [0.05, 0.1) is 42.7 Å². The van der Waals surface area contributed by atoms with Crippen LogP contribution in [0.4, 0.5) is 0 Å². The molecule has 3 aromatic rings. The van der Waals surface area contributed by atoms with Crippen LogP contribution in [0.15, 0.2) is 42.5 Å². The van der Waals surface area contributed by atoms with E-state index in [1.54, 1.807) is 24.3 Å². The van der Waals surface area contributed by atoms with Crippen LogP contribution in [0, 0.1) is 0 Å². The molecular formula is C45H54O20. The molecule has 0 heterocycles. The molecule has 0 saturated carbocycles. The summed E-state index contributed by atoms with van der Waals surface area (Å²) in [4.78, 5) is 73.1. The van der Waals surface area contributed by atoms with Gasteiger partial charge in [-0.3, -0.25) is 28.8 Å². The van der Waals surface area contributed by atoms with E-state index in [1.165, 1.54) is 94.6 Å². The minimum Gasteiger partial charge on any atom is -0.493 e. The van der Waals surface area contributed by atoms with Gasteiger partial charge in [0.25, 0.3) is 0 Å². The van der Waals surface area contributed by atoms with Gasteiger partial charge < -0.3 is 66.3 Å². The summed E-state index contributed by atoms with van der Waals surface area (Å²) in [5, 5.41) is 0. The van der Waals surface area contributed by atoms with Gasteiger partial charge >= 0.3 is 35.8 Å². The third-order valence-corrected chi connectivity index (χ3v) is 8.75. The Bertz CT molecular complexity index is 2120. The molecule has 0 bridgehead atoms. The highest BCUT2D eigenvalue weighted by molar-refractivity contribution is 5.73. The van der Waals surface area contributed by atoms with Crippen molar-refractivity contribution in [2.24, 2.45) is 0 Å². The van der Waals surface area contributed by atoms with Crippen LogP contribution in [-0.2, 0) is 52.5 Å². The third kappa shape index (κ3) is 15.1. The van der Waals surface area contributed by atoms with Crippen LogP contribution in [0.3, 0.4) is 0 Å². The number of benzene rings is 3. The Morgan fingerprint density at radius 3 is 1.09 bits per heavy atom. The van der Waals surface area contributed by atoms with Crippen molar-refractivity contribution in [3.63, 3.8) is 0 Å². The average Bonchev–Trinajstić information content (AvgIpc) is 3.25. The van der Waals surface area contributed by atoms with E-state index in [0.717, 1.165) is 13.8 Å². The number of esters is 6. The Balaban J connectivity index is 2.26. The van der Waals surface area contributed by atoms with Crippen molar-refractivity contribution in [2.75, 3.05) is 62.5 Å². The van der Waals surface area contributed by atoms with Crippen LogP contribution in [-0.4, -0.2) is 111 Å². The summed E-state index contributed by atoms with van der Waals surface area (Å²) in [5.41, 5.74) is 0.968. The van der Waals surface area contributed by atoms with E-state index >= 15 is 0 Å². The molecule has 65 heavy (non-hydrogen) atoms. The number of hydrogen-bond acceptors (Lipinski definition) is 20. The minimum atomic E-state index is -1.37. The second-order valence-electron chi connectivity index (χ2n) is 13.5. The summed E-state index contributed by atoms with van der Waals surface area (Å²) in [6.07, 6.45) is -2.12. The molecule has 0 amide bonds. The van der Waals surface area contributed by atoms with Crippen molar-refractivity contribution in [3.8, 4) is 51.7 Å². The molecule has 0 saturated heterocycles. The molecule has 20 heteroatoms. The van der Waals surface area contributed by atoms with Gasteiger partial charge in [0.2, 0.25) is 17.2 Å². The molecule has 0 fully saturated rings. The molecule has 0 spiro atoms. The molecule has 20 nitrogen and oxygen atoms in total. The highest BCUT2D eigenvalue weighted by Gasteiger charge is 2.37. The lowest BCUT2D eigenvalue weighted by atomic mass is 10.0. The summed E-state index contributed by atoms with van der Waals surface area (Å²) in [6.45, 7) is 6.19. The number of hydrogen-bond donors (Lipinski definition) is 0. The number of rotatable bonds is 24. The molecule has 0 radical (unpaired) electrons. The topological polar surface area (TPSA) is 232 Å². The second kappa shape index (κ2) is 25.1. The lowest BCUT2D eigenvalue weighted by Gasteiger charge is -2.31. The second-order valence-corrected chi connectivity index (χ2v) is 13.5. The van der Waals surface area contributed by atoms with E-state index in [9.17, 15) is 28.8 Å². The van der Waals surface area contributed by atoms with Crippen molar-refractivity contribution in [1.29, 1.82) is 0 Å². The number of ether oxygens (including phenoxy) is 14. The molecule has 0 N–H and O–H groups in total. The summed E-state index contributed by atoms with van der Waals surface area (Å²) in [7, 11) is 8.04. The van der Waals surface area contributed by atoms with E-state index in [2.05, 4.69) is 0 Å². The maximum atomic E-state index is 12.8. The normalized spacial score (nSPS) is 12.6. The predicted octanol–water partition coefficient (Wildman–Crippen LogP) is 5.47. The predicted molar refractivity (Wildman–Crippen MR) is 227 cm³/mol. The highest BCUT2D eigenvalue weighted by Crippen LogP contribution is 2.47. The number of carbonyl (C=O) groups excluding carboxylic acids is 6. The zero-order valence-electron chi connectivity index (χ0n) is 38.2. The van der Waals surface area contributed by atoms with Gasteiger partial charge in [0.1, 0.15) is 19.8 Å². The zero-order chi connectivity index (χ0) is 48.4. The highest BCUT2D eigenvalue weighted by atomic mass is 16.6. The van der Waals surface area contributed by atoms with Crippen LogP contribution in [0.25, 0.3) is 6.08 Å². The Morgan fingerprint density at radius 1 is 0.446 bits per heavy atom. The molecule has 4 unspecified atom stereocenters. The monoisotopic (exact) mass is 914 g/mol. The van der Waals surface area contributed by atoms with Gasteiger partial charge in [0, 0.05) is 52.7 Å². The SMILES string of the molecule is COc1cc(C(OC(C)=O)C(COC(C)=O)Oc2c(OC)cc(C(OC(C)=O)C(COC(C)=O)Oc3c(OC)cc(/C=C/COC(C)=O)cc3OC)cc2OC)cc(OC)c1OC(C)=O. The first-order valence-electron chi connectivity index (χ1n) is 19.6. The van der Waals surface area contributed by atoms with Crippen molar-refractivity contribution in [2.45, 2.75) is 66.0 Å². The number of carbonyl (C=O) groups is 6. The molecule has 354 valence electrons. The van der Waals surface area contributed by atoms with Crippen LogP contribution in [0.1, 0.15) is 70.4 Å². The summed E-state index contributed by atoms with van der Waals surface area (Å²) >= 11 is 0. The molecule has 0 aliphatic rings. The first kappa shape index (κ1) is 52.0. The van der Waals surface area contributed by atoms with Crippen molar-refractivity contribution < 1.29 is 95.1 Å². The van der Waals surface area contributed by atoms with Crippen LogP contribution in [0.5, 0.6) is 51.7 Å². The first-order valence-corrected chi connectivity index (χ1v) is 19.6. The van der Waals surface area contributed by atoms with Gasteiger partial charge in [0.15, 0.2) is 58.9 Å². The Morgan fingerprint density at radius 2 is 0.785 bits per heavy atom. The fourth-order valence-electron chi connectivity index (χ4n) is 6.09. The van der Waals surface area contributed by atoms with E-state index in [-0.39, 0.29) is 69.5 Å². The molecule has 0 aromatic heterocycles. The van der Waals surface area contributed by atoms with Crippen molar-refractivity contribution in [1.82, 2.24) is 0 Å². The number of methoxy groups -OCH3 is 6. The smallest absolute Gasteiger partial charge is 0.308 e. The maximum Gasteiger partial charge on any atom is 0.308 e. The summed E-state index contributed by atoms with van der Waals surface area (Å²) in [5.74, 6) is -3.78. The fourth-order valence-corrected chi connectivity index (χ4v) is 6.09. The maximum absolute atomic E-state index is 12.8. The molecule has 4 atom stereocenters. The van der Waals surface area contributed by atoms with Crippen molar-refractivity contribution >= 4 is 41.9 Å². The Labute approximate surface area is 375 Å². The van der Waals surface area contributed by atoms with E-state index < -0.39 is 73.4 Å². The van der Waals surface area contributed by atoms with Crippen LogP contribution in [0.2, 0.25) is 0 Å². The van der Waals surface area contributed by atoms with E-state index in [4.69, 9.17) is 66.3 Å². The quantitative estimate of drug-likeness (QED) is 0.0616. The Hall–Kier alpha value is -7.38. The third-order valence-electron chi connectivity index (χ3n) is 8.75. The van der Waals surface area contributed by atoms with E-state index in [1.807, 2.05) is 0 Å². The minimum absolute atomic E-state index is 0.0143. The van der Waals surface area contributed by atoms with Crippen LogP contribution < -0.4 is 42.6 Å². The van der Waals surface area contributed by atoms with Gasteiger partial charge in [-0.25, -0.2) is 0 Å². The molecule has 0 aliphatic carbocycles. The first-order chi connectivity index (χ1) is 30.9. The van der Waals surface area contributed by atoms with E-state index in [0.29, 0.717) is 5.56 Å². The zero-order valence-corrected chi connectivity index (χ0v) is 38.2. The average molecular weight is 915 g/mol. The Kier molecular flexibility index (Phi) is 20.0. The van der Waals surface area contributed by atoms with Crippen molar-refractivity contribution in [3.05, 3.63) is 59.2 Å². The fraction of sp³-hybridized carbons (Fsp3) is 0.422.